The third kappa shape index (κ3) is 6.56. The van der Waals surface area contributed by atoms with E-state index in [0.29, 0.717) is 28.6 Å². The number of halogens is 1. The van der Waals surface area contributed by atoms with Gasteiger partial charge >= 0.3 is 5.97 Å². The average molecular weight is 554 g/mol. The maximum atomic E-state index is 13.8. The number of rotatable bonds is 10. The van der Waals surface area contributed by atoms with E-state index in [0.717, 1.165) is 36.9 Å². The number of benzene rings is 2. The Morgan fingerprint density at radius 2 is 1.86 bits per heavy atom. The van der Waals surface area contributed by atoms with Crippen molar-refractivity contribution < 1.29 is 27.8 Å². The van der Waals surface area contributed by atoms with Crippen LogP contribution >= 0.6 is 22.4 Å². The number of methoxy groups -OCH3 is 2. The van der Waals surface area contributed by atoms with Crippen LogP contribution < -0.4 is 9.64 Å². The predicted molar refractivity (Wildman–Crippen MR) is 152 cm³/mol. The van der Waals surface area contributed by atoms with Crippen LogP contribution in [-0.4, -0.2) is 46.3 Å². The van der Waals surface area contributed by atoms with Crippen LogP contribution in [0.4, 0.5) is 15.8 Å². The second-order valence-corrected chi connectivity index (χ2v) is 13.9. The van der Waals surface area contributed by atoms with Gasteiger partial charge in [-0.15, -0.1) is 11.8 Å². The number of thioether (sulfide) groups is 1. The summed E-state index contributed by atoms with van der Waals surface area (Å²) in [6, 6.07) is 9.96. The molecule has 6 nitrogen and oxygen atoms in total. The Morgan fingerprint density at radius 3 is 2.43 bits per heavy atom. The quantitative estimate of drug-likeness (QED) is 0.290. The first kappa shape index (κ1) is 29.6. The maximum Gasteiger partial charge on any atom is 0.321 e. The van der Waals surface area contributed by atoms with Crippen LogP contribution in [0.25, 0.3) is 0 Å². The zero-order valence-corrected chi connectivity index (χ0v) is 24.3. The highest BCUT2D eigenvalue weighted by atomic mass is 32.3. The summed E-state index contributed by atoms with van der Waals surface area (Å²) in [4.78, 5) is 14.8. The SMILES string of the molecule is CCCCC1(CC)CN(c2ccc(F)cc2)c2cc(OC)c(CSC(C)(C)C(=O)OC)cc2S(O)(O)C1. The molecule has 0 amide bonds. The van der Waals surface area contributed by atoms with Crippen molar-refractivity contribution in [2.45, 2.75) is 68.8 Å². The van der Waals surface area contributed by atoms with Gasteiger partial charge in [0.25, 0.3) is 0 Å². The molecule has 0 spiro atoms. The molecule has 0 fully saturated rings. The molecule has 9 heteroatoms. The molecular formula is C28H40FNO5S2. The van der Waals surface area contributed by atoms with Crippen LogP contribution in [0.3, 0.4) is 0 Å². The number of hydrogen-bond donors (Lipinski definition) is 2. The zero-order chi connectivity index (χ0) is 27.4. The molecule has 3 rings (SSSR count). The Kier molecular flexibility index (Phi) is 9.48. The average Bonchev–Trinajstić information content (AvgIpc) is 2.97. The maximum absolute atomic E-state index is 13.8. The number of unbranched alkanes of at least 4 members (excludes halogenated alkanes) is 1. The number of ether oxygens (including phenoxy) is 2. The largest absolute Gasteiger partial charge is 0.496 e. The van der Waals surface area contributed by atoms with Gasteiger partial charge in [0.05, 0.1) is 24.8 Å². The van der Waals surface area contributed by atoms with Gasteiger partial charge in [0.1, 0.15) is 16.3 Å². The van der Waals surface area contributed by atoms with Crippen molar-refractivity contribution in [2.24, 2.45) is 5.41 Å². The van der Waals surface area contributed by atoms with Crippen LogP contribution in [-0.2, 0) is 15.3 Å². The molecule has 2 aromatic carbocycles. The molecule has 0 radical (unpaired) electrons. The molecule has 0 saturated carbocycles. The molecule has 0 aromatic heterocycles. The van der Waals surface area contributed by atoms with Gasteiger partial charge in [0.15, 0.2) is 0 Å². The topological polar surface area (TPSA) is 79.2 Å². The van der Waals surface area contributed by atoms with Crippen molar-refractivity contribution in [3.05, 3.63) is 47.8 Å². The van der Waals surface area contributed by atoms with Crippen LogP contribution in [0.2, 0.25) is 0 Å². The van der Waals surface area contributed by atoms with Gasteiger partial charge < -0.3 is 14.4 Å². The molecular weight excluding hydrogens is 513 g/mol. The third-order valence-electron chi connectivity index (χ3n) is 7.22. The lowest BCUT2D eigenvalue weighted by molar-refractivity contribution is -0.142. The number of hydrogen-bond acceptors (Lipinski definition) is 7. The van der Waals surface area contributed by atoms with Crippen molar-refractivity contribution in [1.82, 2.24) is 0 Å². The van der Waals surface area contributed by atoms with Gasteiger partial charge in [-0.05, 0) is 57.0 Å². The Labute approximate surface area is 226 Å². The molecule has 206 valence electrons. The first-order valence-corrected chi connectivity index (χ1v) is 15.3. The van der Waals surface area contributed by atoms with Crippen LogP contribution in [0.5, 0.6) is 5.75 Å². The summed E-state index contributed by atoms with van der Waals surface area (Å²) in [7, 11) is -0.226. The van der Waals surface area contributed by atoms with Gasteiger partial charge in [-0.2, -0.15) is 10.6 Å². The molecule has 2 N–H and O–H groups in total. The van der Waals surface area contributed by atoms with E-state index in [1.165, 1.54) is 31.0 Å². The minimum absolute atomic E-state index is 0.258. The molecule has 0 saturated heterocycles. The summed E-state index contributed by atoms with van der Waals surface area (Å²) < 4.78 is 47.0. The summed E-state index contributed by atoms with van der Waals surface area (Å²) >= 11 is 1.40. The van der Waals surface area contributed by atoms with E-state index in [9.17, 15) is 18.3 Å². The van der Waals surface area contributed by atoms with Gasteiger partial charge in [0, 0.05) is 40.8 Å². The van der Waals surface area contributed by atoms with Crippen molar-refractivity contribution in [3.8, 4) is 5.75 Å². The van der Waals surface area contributed by atoms with Crippen molar-refractivity contribution in [2.75, 3.05) is 31.4 Å². The minimum Gasteiger partial charge on any atom is -0.496 e. The number of fused-ring (bicyclic) bond motifs is 1. The molecule has 2 aromatic rings. The van der Waals surface area contributed by atoms with Crippen molar-refractivity contribution in [3.63, 3.8) is 0 Å². The van der Waals surface area contributed by atoms with Crippen LogP contribution in [0.15, 0.2) is 41.3 Å². The molecule has 1 atom stereocenters. The van der Waals surface area contributed by atoms with E-state index < -0.39 is 15.3 Å². The smallest absolute Gasteiger partial charge is 0.321 e. The lowest BCUT2D eigenvalue weighted by atomic mass is 9.81. The van der Waals surface area contributed by atoms with E-state index in [4.69, 9.17) is 9.47 Å². The van der Waals surface area contributed by atoms with E-state index >= 15 is 0 Å². The standard InChI is InChI=1S/C28H40FNO5S2/c1-7-9-14-28(8-2)18-30(22-12-10-21(29)11-13-22)23-16-24(34-5)20(15-25(23)37(32,33)19-28)17-36-27(3,4)26(31)35-6/h10-13,15-16,32-33H,7-9,14,17-19H2,1-6H3. The number of anilines is 2. The molecule has 1 aliphatic rings. The number of carbonyl (C=O) groups excluding carboxylic acids is 1. The second kappa shape index (κ2) is 11.8. The van der Waals surface area contributed by atoms with E-state index in [-0.39, 0.29) is 23.0 Å². The third-order valence-corrected chi connectivity index (χ3v) is 10.6. The minimum atomic E-state index is -3.17. The van der Waals surface area contributed by atoms with E-state index in [2.05, 4.69) is 18.7 Å². The molecule has 1 aliphatic heterocycles. The Morgan fingerprint density at radius 1 is 1.19 bits per heavy atom. The molecule has 1 unspecified atom stereocenters. The predicted octanol–water partition coefficient (Wildman–Crippen LogP) is 7.87. The number of nitrogens with zero attached hydrogens (tertiary/aromatic N) is 1. The first-order valence-electron chi connectivity index (χ1n) is 12.6. The summed E-state index contributed by atoms with van der Waals surface area (Å²) in [5, 5.41) is 0. The van der Waals surface area contributed by atoms with Gasteiger partial charge in [0.2, 0.25) is 0 Å². The van der Waals surface area contributed by atoms with Crippen molar-refractivity contribution in [1.29, 1.82) is 0 Å². The summed E-state index contributed by atoms with van der Waals surface area (Å²) in [5.74, 6) is 0.607. The fourth-order valence-corrected chi connectivity index (χ4v) is 8.07. The monoisotopic (exact) mass is 553 g/mol. The van der Waals surface area contributed by atoms with Gasteiger partial charge in [-0.1, -0.05) is 26.7 Å². The summed E-state index contributed by atoms with van der Waals surface area (Å²) in [5.41, 5.74) is 1.86. The lowest BCUT2D eigenvalue weighted by Gasteiger charge is -2.41. The molecule has 1 heterocycles. The Bertz CT molecular complexity index is 1090. The summed E-state index contributed by atoms with van der Waals surface area (Å²) in [6.45, 7) is 8.40. The fraction of sp³-hybridized carbons (Fsp3) is 0.536. The van der Waals surface area contributed by atoms with Crippen LogP contribution in [0.1, 0.15) is 58.9 Å². The highest BCUT2D eigenvalue weighted by Gasteiger charge is 2.42. The highest BCUT2D eigenvalue weighted by molar-refractivity contribution is 8.24. The van der Waals surface area contributed by atoms with Gasteiger partial charge in [-0.3, -0.25) is 13.9 Å². The van der Waals surface area contributed by atoms with Gasteiger partial charge in [-0.25, -0.2) is 4.39 Å². The van der Waals surface area contributed by atoms with Crippen LogP contribution in [0, 0.1) is 11.2 Å². The van der Waals surface area contributed by atoms with Crippen molar-refractivity contribution >= 4 is 39.7 Å². The van der Waals surface area contributed by atoms with E-state index in [1.807, 2.05) is 12.1 Å². The lowest BCUT2D eigenvalue weighted by Crippen LogP contribution is -2.37. The molecule has 0 aliphatic carbocycles. The zero-order valence-electron chi connectivity index (χ0n) is 22.7. The molecule has 0 bridgehead atoms. The Hall–Kier alpha value is -1.94. The fourth-order valence-electron chi connectivity index (χ4n) is 4.85. The summed E-state index contributed by atoms with van der Waals surface area (Å²) in [6.07, 6.45) is 3.62. The normalized spacial score (nSPS) is 20.1. The number of esters is 1. The first-order chi connectivity index (χ1) is 17.4. The number of carbonyl (C=O) groups is 1. The second-order valence-electron chi connectivity index (χ2n) is 10.3. The Balaban J connectivity index is 2.17. The molecule has 37 heavy (non-hydrogen) atoms. The highest BCUT2D eigenvalue weighted by Crippen LogP contribution is 2.61. The van der Waals surface area contributed by atoms with E-state index in [1.54, 1.807) is 33.1 Å².